The fraction of sp³-hybridized carbons (Fsp3) is 0.0769. The molecule has 0 atom stereocenters. The molecule has 0 amide bonds. The van der Waals surface area contributed by atoms with Gasteiger partial charge in [0.05, 0.1) is 0 Å². The van der Waals surface area contributed by atoms with E-state index >= 15 is 0 Å². The summed E-state index contributed by atoms with van der Waals surface area (Å²) in [4.78, 5) is 4.44. The third-order valence-corrected chi connectivity index (χ3v) is 2.78. The number of hydrogen-bond acceptors (Lipinski definition) is 2. The van der Waals surface area contributed by atoms with E-state index in [9.17, 15) is 0 Å². The van der Waals surface area contributed by atoms with Gasteiger partial charge in [0.2, 0.25) is 0 Å². The fourth-order valence-corrected chi connectivity index (χ4v) is 1.91. The van der Waals surface area contributed by atoms with Crippen LogP contribution in [0.3, 0.4) is 0 Å². The maximum atomic E-state index is 5.91. The average Bonchev–Trinajstić information content (AvgIpc) is 2.71. The van der Waals surface area contributed by atoms with Crippen LogP contribution in [0.1, 0.15) is 11.4 Å². The molecule has 3 nitrogen and oxygen atoms in total. The first-order chi connectivity index (χ1) is 8.31. The predicted octanol–water partition coefficient (Wildman–Crippen LogP) is 2.97. The van der Waals surface area contributed by atoms with Crippen molar-refractivity contribution in [1.82, 2.24) is 14.6 Å². The highest BCUT2D eigenvalue weighted by Gasteiger charge is 2.04. The Morgan fingerprint density at radius 2 is 1.94 bits per heavy atom. The molecule has 3 aromatic rings. The van der Waals surface area contributed by atoms with Crippen LogP contribution in [-0.2, 0) is 6.42 Å². The van der Waals surface area contributed by atoms with Crippen LogP contribution in [0, 0.1) is 0 Å². The molecule has 0 bridgehead atoms. The van der Waals surface area contributed by atoms with E-state index in [-0.39, 0.29) is 0 Å². The summed E-state index contributed by atoms with van der Waals surface area (Å²) in [5.41, 5.74) is 1.98. The van der Waals surface area contributed by atoms with Crippen LogP contribution in [0.15, 0.2) is 48.7 Å². The van der Waals surface area contributed by atoms with Crippen molar-refractivity contribution in [3.8, 4) is 0 Å². The second-order valence-corrected chi connectivity index (χ2v) is 4.27. The van der Waals surface area contributed by atoms with E-state index in [1.165, 1.54) is 5.56 Å². The lowest BCUT2D eigenvalue weighted by Gasteiger charge is -1.94. The summed E-state index contributed by atoms with van der Waals surface area (Å²) >= 11 is 5.91. The summed E-state index contributed by atoms with van der Waals surface area (Å²) < 4.78 is 1.74. The lowest BCUT2D eigenvalue weighted by molar-refractivity contribution is 0.900. The molecular formula is C13H10ClN3. The van der Waals surface area contributed by atoms with Gasteiger partial charge in [-0.3, -0.25) is 0 Å². The SMILES string of the molecule is Clc1ccn2nc(Cc3ccccc3)nc2c1. The van der Waals surface area contributed by atoms with Gasteiger partial charge < -0.3 is 0 Å². The van der Waals surface area contributed by atoms with Crippen molar-refractivity contribution >= 4 is 17.2 Å². The number of benzene rings is 1. The molecule has 0 radical (unpaired) electrons. The Morgan fingerprint density at radius 1 is 1.12 bits per heavy atom. The first kappa shape index (κ1) is 10.3. The van der Waals surface area contributed by atoms with E-state index in [0.717, 1.165) is 17.9 Å². The van der Waals surface area contributed by atoms with Gasteiger partial charge in [-0.05, 0) is 11.6 Å². The molecule has 0 aliphatic rings. The molecule has 3 rings (SSSR count). The Labute approximate surface area is 104 Å². The summed E-state index contributed by atoms with van der Waals surface area (Å²) in [6.07, 6.45) is 2.55. The summed E-state index contributed by atoms with van der Waals surface area (Å²) in [5, 5.41) is 5.07. The molecule has 0 N–H and O–H groups in total. The van der Waals surface area contributed by atoms with Crippen molar-refractivity contribution in [2.75, 3.05) is 0 Å². The second-order valence-electron chi connectivity index (χ2n) is 3.84. The Kier molecular flexibility index (Phi) is 2.53. The number of fused-ring (bicyclic) bond motifs is 1. The lowest BCUT2D eigenvalue weighted by atomic mass is 10.1. The van der Waals surface area contributed by atoms with Gasteiger partial charge in [0, 0.05) is 23.7 Å². The number of pyridine rings is 1. The molecule has 0 aliphatic carbocycles. The molecule has 4 heteroatoms. The smallest absolute Gasteiger partial charge is 0.157 e. The second kappa shape index (κ2) is 4.18. The van der Waals surface area contributed by atoms with Crippen LogP contribution in [0.4, 0.5) is 0 Å². The molecular weight excluding hydrogens is 234 g/mol. The molecule has 0 unspecified atom stereocenters. The average molecular weight is 244 g/mol. The van der Waals surface area contributed by atoms with Crippen LogP contribution in [0.5, 0.6) is 0 Å². The molecule has 2 heterocycles. The molecule has 0 saturated carbocycles. The van der Waals surface area contributed by atoms with Gasteiger partial charge in [-0.1, -0.05) is 41.9 Å². The minimum Gasteiger partial charge on any atom is -0.221 e. The van der Waals surface area contributed by atoms with Crippen LogP contribution in [-0.4, -0.2) is 14.6 Å². The number of aromatic nitrogens is 3. The molecule has 0 saturated heterocycles. The van der Waals surface area contributed by atoms with E-state index in [1.807, 2.05) is 30.5 Å². The largest absolute Gasteiger partial charge is 0.221 e. The van der Waals surface area contributed by atoms with Gasteiger partial charge in [0.1, 0.15) is 0 Å². The quantitative estimate of drug-likeness (QED) is 0.693. The number of rotatable bonds is 2. The molecule has 0 fully saturated rings. The maximum Gasteiger partial charge on any atom is 0.157 e. The van der Waals surface area contributed by atoms with Crippen molar-refractivity contribution in [2.24, 2.45) is 0 Å². The molecule has 84 valence electrons. The topological polar surface area (TPSA) is 30.2 Å². The fourth-order valence-electron chi connectivity index (χ4n) is 1.76. The van der Waals surface area contributed by atoms with E-state index < -0.39 is 0 Å². The Hall–Kier alpha value is -1.87. The van der Waals surface area contributed by atoms with Gasteiger partial charge in [0.15, 0.2) is 11.5 Å². The highest BCUT2D eigenvalue weighted by atomic mass is 35.5. The monoisotopic (exact) mass is 243 g/mol. The molecule has 2 aromatic heterocycles. The van der Waals surface area contributed by atoms with Crippen LogP contribution >= 0.6 is 11.6 Å². The van der Waals surface area contributed by atoms with Crippen molar-refractivity contribution in [2.45, 2.75) is 6.42 Å². The molecule has 0 aliphatic heterocycles. The van der Waals surface area contributed by atoms with E-state index in [1.54, 1.807) is 10.6 Å². The van der Waals surface area contributed by atoms with E-state index in [2.05, 4.69) is 22.2 Å². The first-order valence-corrected chi connectivity index (χ1v) is 5.74. The van der Waals surface area contributed by atoms with Gasteiger partial charge in [0.25, 0.3) is 0 Å². The number of hydrogen-bond donors (Lipinski definition) is 0. The standard InChI is InChI=1S/C13H10ClN3/c14-11-6-7-17-13(9-11)15-12(16-17)8-10-4-2-1-3-5-10/h1-7,9H,8H2. The number of halogens is 1. The first-order valence-electron chi connectivity index (χ1n) is 5.36. The molecule has 0 spiro atoms. The third-order valence-electron chi connectivity index (χ3n) is 2.55. The summed E-state index contributed by atoms with van der Waals surface area (Å²) in [5.74, 6) is 0.804. The maximum absolute atomic E-state index is 5.91. The van der Waals surface area contributed by atoms with Crippen molar-refractivity contribution in [3.63, 3.8) is 0 Å². The van der Waals surface area contributed by atoms with Crippen LogP contribution in [0.2, 0.25) is 5.02 Å². The van der Waals surface area contributed by atoms with Crippen molar-refractivity contribution in [3.05, 3.63) is 65.1 Å². The molecule has 1 aromatic carbocycles. The van der Waals surface area contributed by atoms with Gasteiger partial charge in [-0.15, -0.1) is 0 Å². The van der Waals surface area contributed by atoms with Crippen LogP contribution < -0.4 is 0 Å². The molecule has 17 heavy (non-hydrogen) atoms. The van der Waals surface area contributed by atoms with Crippen molar-refractivity contribution < 1.29 is 0 Å². The van der Waals surface area contributed by atoms with Gasteiger partial charge in [-0.2, -0.15) is 5.10 Å². The minimum absolute atomic E-state index is 0.677. The van der Waals surface area contributed by atoms with Gasteiger partial charge in [-0.25, -0.2) is 9.50 Å². The zero-order chi connectivity index (χ0) is 11.7. The summed E-state index contributed by atoms with van der Waals surface area (Å²) in [7, 11) is 0. The summed E-state index contributed by atoms with van der Waals surface area (Å²) in [6.45, 7) is 0. The van der Waals surface area contributed by atoms with E-state index in [4.69, 9.17) is 11.6 Å². The zero-order valence-corrected chi connectivity index (χ0v) is 9.80. The predicted molar refractivity (Wildman–Crippen MR) is 67.2 cm³/mol. The highest BCUT2D eigenvalue weighted by Crippen LogP contribution is 2.12. The van der Waals surface area contributed by atoms with Crippen LogP contribution in [0.25, 0.3) is 5.65 Å². The van der Waals surface area contributed by atoms with Gasteiger partial charge >= 0.3 is 0 Å². The number of nitrogens with zero attached hydrogens (tertiary/aromatic N) is 3. The van der Waals surface area contributed by atoms with Crippen molar-refractivity contribution in [1.29, 1.82) is 0 Å². The Morgan fingerprint density at radius 3 is 2.76 bits per heavy atom. The zero-order valence-electron chi connectivity index (χ0n) is 9.05. The minimum atomic E-state index is 0.677. The highest BCUT2D eigenvalue weighted by molar-refractivity contribution is 6.30. The third kappa shape index (κ3) is 2.15. The Balaban J connectivity index is 1.96. The Bertz CT molecular complexity index is 646. The lowest BCUT2D eigenvalue weighted by Crippen LogP contribution is -1.91. The normalized spacial score (nSPS) is 10.9. The summed E-state index contributed by atoms with van der Waals surface area (Å²) in [6, 6.07) is 13.8. The van der Waals surface area contributed by atoms with E-state index in [0.29, 0.717) is 5.02 Å².